The van der Waals surface area contributed by atoms with Crippen LogP contribution in [0.25, 0.3) is 0 Å². The van der Waals surface area contributed by atoms with Crippen molar-refractivity contribution in [1.82, 2.24) is 9.80 Å². The molecule has 0 spiro atoms. The first-order chi connectivity index (χ1) is 12.3. The number of imide groups is 1. The summed E-state index contributed by atoms with van der Waals surface area (Å²) in [5.41, 5.74) is 1.27. The number of carbonyl (C=O) groups excluding carboxylic acids is 3. The number of amides is 3. The van der Waals surface area contributed by atoms with Crippen molar-refractivity contribution < 1.29 is 14.4 Å². The number of hydrogen-bond acceptors (Lipinski definition) is 3. The second-order valence-corrected chi connectivity index (χ2v) is 7.93. The topological polar surface area (TPSA) is 57.7 Å². The van der Waals surface area contributed by atoms with Crippen molar-refractivity contribution in [1.29, 1.82) is 0 Å². The average molecular weight is 356 g/mol. The molecule has 0 bridgehead atoms. The third-order valence-corrected chi connectivity index (χ3v) is 5.45. The predicted molar refractivity (Wildman–Crippen MR) is 100 cm³/mol. The summed E-state index contributed by atoms with van der Waals surface area (Å²) < 4.78 is 0. The van der Waals surface area contributed by atoms with Crippen molar-refractivity contribution in [3.63, 3.8) is 0 Å². The molecule has 1 aliphatic carbocycles. The van der Waals surface area contributed by atoms with E-state index < -0.39 is 0 Å². The highest BCUT2D eigenvalue weighted by molar-refractivity contribution is 6.22. The molecule has 5 nitrogen and oxygen atoms in total. The molecule has 26 heavy (non-hydrogen) atoms. The molecular formula is C21H28N2O3. The van der Waals surface area contributed by atoms with E-state index in [1.54, 1.807) is 23.1 Å². The van der Waals surface area contributed by atoms with Crippen molar-refractivity contribution in [2.75, 3.05) is 0 Å². The fourth-order valence-electron chi connectivity index (χ4n) is 4.28. The van der Waals surface area contributed by atoms with Gasteiger partial charge in [-0.05, 0) is 58.7 Å². The van der Waals surface area contributed by atoms with Gasteiger partial charge in [-0.25, -0.2) is 0 Å². The minimum absolute atomic E-state index is 0.00173. The van der Waals surface area contributed by atoms with Crippen LogP contribution >= 0.6 is 0 Å². The average Bonchev–Trinajstić information content (AvgIpc) is 2.85. The van der Waals surface area contributed by atoms with Gasteiger partial charge in [-0.1, -0.05) is 19.3 Å². The van der Waals surface area contributed by atoms with Crippen molar-refractivity contribution in [3.05, 3.63) is 34.9 Å². The van der Waals surface area contributed by atoms with E-state index in [0.717, 1.165) is 25.7 Å². The van der Waals surface area contributed by atoms with Crippen molar-refractivity contribution >= 4 is 17.7 Å². The first-order valence-electron chi connectivity index (χ1n) is 9.67. The summed E-state index contributed by atoms with van der Waals surface area (Å²) in [6.07, 6.45) is 5.04. The van der Waals surface area contributed by atoms with Crippen LogP contribution in [0, 0.1) is 0 Å². The number of fused-ring (bicyclic) bond motifs is 1. The molecule has 0 N–H and O–H groups in total. The number of benzene rings is 1. The Balaban J connectivity index is 1.91. The Hall–Kier alpha value is -2.17. The van der Waals surface area contributed by atoms with Gasteiger partial charge < -0.3 is 4.90 Å². The molecule has 1 heterocycles. The van der Waals surface area contributed by atoms with Crippen LogP contribution in [0.4, 0.5) is 0 Å². The van der Waals surface area contributed by atoms with E-state index in [1.807, 2.05) is 27.7 Å². The van der Waals surface area contributed by atoms with E-state index in [4.69, 9.17) is 0 Å². The molecule has 0 aromatic heterocycles. The molecule has 3 rings (SSSR count). The highest BCUT2D eigenvalue weighted by Gasteiger charge is 2.40. The summed E-state index contributed by atoms with van der Waals surface area (Å²) in [5, 5.41) is 0. The highest BCUT2D eigenvalue weighted by atomic mass is 16.2. The van der Waals surface area contributed by atoms with E-state index in [2.05, 4.69) is 0 Å². The number of nitrogens with zero attached hydrogens (tertiary/aromatic N) is 2. The fraction of sp³-hybridized carbons (Fsp3) is 0.571. The van der Waals surface area contributed by atoms with Gasteiger partial charge in [0.1, 0.15) is 0 Å². The summed E-state index contributed by atoms with van der Waals surface area (Å²) in [4.78, 5) is 41.8. The minimum atomic E-state index is -0.243. The molecule has 0 atom stereocenters. The van der Waals surface area contributed by atoms with Crippen molar-refractivity contribution in [3.8, 4) is 0 Å². The number of hydrogen-bond donors (Lipinski definition) is 0. The van der Waals surface area contributed by atoms with E-state index in [9.17, 15) is 14.4 Å². The Morgan fingerprint density at radius 1 is 0.962 bits per heavy atom. The molecule has 0 unspecified atom stereocenters. The zero-order valence-corrected chi connectivity index (χ0v) is 16.1. The smallest absolute Gasteiger partial charge is 0.261 e. The monoisotopic (exact) mass is 356 g/mol. The summed E-state index contributed by atoms with van der Waals surface area (Å²) in [6.45, 7) is 7.91. The second kappa shape index (κ2) is 7.22. The van der Waals surface area contributed by atoms with E-state index in [1.165, 1.54) is 11.3 Å². The zero-order valence-electron chi connectivity index (χ0n) is 16.1. The second-order valence-electron chi connectivity index (χ2n) is 7.93. The van der Waals surface area contributed by atoms with Gasteiger partial charge in [0.15, 0.2) is 0 Å². The summed E-state index contributed by atoms with van der Waals surface area (Å²) >= 11 is 0. The Morgan fingerprint density at radius 3 is 2.12 bits per heavy atom. The molecule has 0 saturated heterocycles. The molecule has 1 aliphatic heterocycles. The molecule has 1 aromatic rings. The van der Waals surface area contributed by atoms with Gasteiger partial charge in [0, 0.05) is 23.7 Å². The lowest BCUT2D eigenvalue weighted by molar-refractivity contribution is 0.0548. The van der Waals surface area contributed by atoms with Gasteiger partial charge >= 0.3 is 0 Å². The Kier molecular flexibility index (Phi) is 5.17. The van der Waals surface area contributed by atoms with Crippen LogP contribution in [0.2, 0.25) is 0 Å². The third-order valence-electron chi connectivity index (χ3n) is 5.45. The Labute approximate surface area is 155 Å². The van der Waals surface area contributed by atoms with E-state index in [-0.39, 0.29) is 35.8 Å². The van der Waals surface area contributed by atoms with Gasteiger partial charge in [0.25, 0.3) is 17.7 Å². The van der Waals surface area contributed by atoms with Crippen LogP contribution < -0.4 is 0 Å². The van der Waals surface area contributed by atoms with Crippen LogP contribution in [-0.4, -0.2) is 45.6 Å². The molecular weight excluding hydrogens is 328 g/mol. The van der Waals surface area contributed by atoms with Crippen LogP contribution in [0.5, 0.6) is 0 Å². The molecule has 140 valence electrons. The van der Waals surface area contributed by atoms with Crippen LogP contribution in [0.15, 0.2) is 18.2 Å². The summed E-state index contributed by atoms with van der Waals surface area (Å²) in [6, 6.07) is 5.05. The Morgan fingerprint density at radius 2 is 1.54 bits per heavy atom. The van der Waals surface area contributed by atoms with Gasteiger partial charge in [-0.15, -0.1) is 0 Å². The maximum Gasteiger partial charge on any atom is 0.261 e. The number of carbonyl (C=O) groups is 3. The highest BCUT2D eigenvalue weighted by Crippen LogP contribution is 2.31. The first kappa shape index (κ1) is 18.6. The summed E-state index contributed by atoms with van der Waals surface area (Å²) in [5.74, 6) is -0.554. The molecule has 2 aliphatic rings. The quantitative estimate of drug-likeness (QED) is 0.770. The minimum Gasteiger partial charge on any atom is -0.334 e. The van der Waals surface area contributed by atoms with E-state index >= 15 is 0 Å². The molecule has 1 fully saturated rings. The molecule has 1 aromatic carbocycles. The Bertz CT molecular complexity index is 725. The number of rotatable bonds is 4. The van der Waals surface area contributed by atoms with Crippen molar-refractivity contribution in [2.45, 2.75) is 77.9 Å². The third kappa shape index (κ3) is 3.15. The van der Waals surface area contributed by atoms with Crippen LogP contribution in [0.1, 0.15) is 90.9 Å². The van der Waals surface area contributed by atoms with Crippen LogP contribution in [0.3, 0.4) is 0 Å². The lowest BCUT2D eigenvalue weighted by Crippen LogP contribution is -2.42. The standard InChI is InChI=1S/C21H28N2O3/c1-13(2)22(14(3)4)19(24)15-10-11-17-18(12-15)21(26)23(20(17)25)16-8-6-5-7-9-16/h10-14,16H,5-9H2,1-4H3. The molecule has 5 heteroatoms. The molecule has 1 saturated carbocycles. The SMILES string of the molecule is CC(C)N(C(=O)c1ccc2c(c1)C(=O)N(C1CCCCC1)C2=O)C(C)C. The summed E-state index contributed by atoms with van der Waals surface area (Å²) in [7, 11) is 0. The lowest BCUT2D eigenvalue weighted by Gasteiger charge is -2.31. The van der Waals surface area contributed by atoms with Crippen LogP contribution in [-0.2, 0) is 0 Å². The van der Waals surface area contributed by atoms with Gasteiger partial charge in [-0.2, -0.15) is 0 Å². The predicted octanol–water partition coefficient (Wildman–Crippen LogP) is 3.87. The fourth-order valence-corrected chi connectivity index (χ4v) is 4.28. The molecule has 3 amide bonds. The lowest BCUT2D eigenvalue weighted by atomic mass is 9.94. The van der Waals surface area contributed by atoms with Gasteiger partial charge in [0.2, 0.25) is 0 Å². The largest absolute Gasteiger partial charge is 0.334 e. The molecule has 0 radical (unpaired) electrons. The first-order valence-corrected chi connectivity index (χ1v) is 9.67. The van der Waals surface area contributed by atoms with Gasteiger partial charge in [-0.3, -0.25) is 19.3 Å². The normalized spacial score (nSPS) is 18.0. The van der Waals surface area contributed by atoms with Crippen molar-refractivity contribution in [2.24, 2.45) is 0 Å². The maximum atomic E-state index is 12.9. The zero-order chi connectivity index (χ0) is 19.0. The van der Waals surface area contributed by atoms with E-state index in [0.29, 0.717) is 16.7 Å². The maximum absolute atomic E-state index is 12.9. The van der Waals surface area contributed by atoms with Gasteiger partial charge in [0.05, 0.1) is 11.1 Å².